The van der Waals surface area contributed by atoms with Gasteiger partial charge in [0.15, 0.2) is 0 Å². The van der Waals surface area contributed by atoms with Gasteiger partial charge in [0, 0.05) is 9.86 Å². The number of benzene rings is 2. The number of hydrogen-bond donors (Lipinski definition) is 0. The zero-order valence-electron chi connectivity index (χ0n) is 11.4. The maximum Gasteiger partial charge on any atom is 0.120 e. The molecule has 21 heavy (non-hydrogen) atoms. The quantitative estimate of drug-likeness (QED) is 0.633. The molecular weight excluding hydrogens is 400 g/mol. The fourth-order valence-corrected chi connectivity index (χ4v) is 3.22. The highest BCUT2D eigenvalue weighted by Crippen LogP contribution is 2.33. The van der Waals surface area contributed by atoms with Crippen molar-refractivity contribution in [1.82, 2.24) is 9.78 Å². The first-order valence-corrected chi connectivity index (χ1v) is 7.79. The number of aromatic nitrogens is 2. The van der Waals surface area contributed by atoms with Crippen LogP contribution in [-0.4, -0.2) is 24.0 Å². The maximum atomic E-state index is 5.26. The molecule has 0 unspecified atom stereocenters. The van der Waals surface area contributed by atoms with E-state index in [1.165, 1.54) is 0 Å². The third kappa shape index (κ3) is 2.53. The molecule has 2 aromatic carbocycles. The van der Waals surface area contributed by atoms with Gasteiger partial charge in [0.25, 0.3) is 0 Å². The van der Waals surface area contributed by atoms with Gasteiger partial charge in [-0.3, -0.25) is 0 Å². The molecule has 0 fully saturated rings. The molecular formula is C15H12Br2N2O2. The van der Waals surface area contributed by atoms with Crippen molar-refractivity contribution in [2.24, 2.45) is 0 Å². The number of methoxy groups -OCH3 is 2. The minimum absolute atomic E-state index is 0.792. The smallest absolute Gasteiger partial charge is 0.120 e. The fraction of sp³-hybridized carbons (Fsp3) is 0.133. The molecule has 0 aliphatic carbocycles. The van der Waals surface area contributed by atoms with Crippen molar-refractivity contribution in [3.8, 4) is 17.2 Å². The van der Waals surface area contributed by atoms with E-state index in [9.17, 15) is 0 Å². The molecule has 0 saturated carbocycles. The van der Waals surface area contributed by atoms with Crippen molar-refractivity contribution in [3.05, 3.63) is 45.5 Å². The van der Waals surface area contributed by atoms with Gasteiger partial charge in [0.05, 0.1) is 25.4 Å². The first kappa shape index (κ1) is 14.4. The minimum Gasteiger partial charge on any atom is -0.497 e. The van der Waals surface area contributed by atoms with E-state index in [4.69, 9.17) is 9.47 Å². The monoisotopic (exact) mass is 410 g/mol. The standard InChI is InChI=1S/C15H12Br2N2O2/c1-20-9-3-5-13-11(7-9)15(17)19(18-13)14-6-4-10(21-2)8-12(14)16/h3-8H,1-2H3. The second kappa shape index (κ2) is 5.69. The number of nitrogens with zero attached hydrogens (tertiary/aromatic N) is 2. The van der Waals surface area contributed by atoms with Crippen LogP contribution in [0.2, 0.25) is 0 Å². The van der Waals surface area contributed by atoms with Crippen LogP contribution in [0, 0.1) is 0 Å². The summed E-state index contributed by atoms with van der Waals surface area (Å²) in [5.74, 6) is 1.59. The van der Waals surface area contributed by atoms with E-state index < -0.39 is 0 Å². The van der Waals surface area contributed by atoms with Crippen molar-refractivity contribution >= 4 is 42.8 Å². The normalized spacial score (nSPS) is 10.9. The largest absolute Gasteiger partial charge is 0.497 e. The van der Waals surface area contributed by atoms with Crippen LogP contribution in [0.15, 0.2) is 45.5 Å². The molecule has 0 saturated heterocycles. The van der Waals surface area contributed by atoms with E-state index in [0.717, 1.165) is 37.2 Å². The van der Waals surface area contributed by atoms with Gasteiger partial charge < -0.3 is 9.47 Å². The van der Waals surface area contributed by atoms with Crippen LogP contribution in [0.5, 0.6) is 11.5 Å². The lowest BCUT2D eigenvalue weighted by atomic mass is 10.2. The zero-order valence-corrected chi connectivity index (χ0v) is 14.6. The highest BCUT2D eigenvalue weighted by Gasteiger charge is 2.13. The Bertz CT molecular complexity index is 815. The lowest BCUT2D eigenvalue weighted by Gasteiger charge is -2.08. The third-order valence-corrected chi connectivity index (χ3v) is 4.60. The molecule has 3 aromatic rings. The second-order valence-corrected chi connectivity index (χ2v) is 6.01. The zero-order chi connectivity index (χ0) is 15.0. The van der Waals surface area contributed by atoms with Crippen LogP contribution in [0.3, 0.4) is 0 Å². The van der Waals surface area contributed by atoms with Crippen LogP contribution >= 0.6 is 31.9 Å². The fourth-order valence-electron chi connectivity index (χ4n) is 2.11. The predicted molar refractivity (Wildman–Crippen MR) is 89.6 cm³/mol. The average molecular weight is 412 g/mol. The SMILES string of the molecule is COc1ccc(-n2nc3ccc(OC)cc3c2Br)c(Br)c1. The molecule has 108 valence electrons. The summed E-state index contributed by atoms with van der Waals surface area (Å²) < 4.78 is 14.1. The van der Waals surface area contributed by atoms with E-state index in [1.807, 2.05) is 41.1 Å². The van der Waals surface area contributed by atoms with E-state index in [1.54, 1.807) is 14.2 Å². The van der Waals surface area contributed by atoms with Crippen LogP contribution in [0.4, 0.5) is 0 Å². The Morgan fingerprint density at radius 2 is 1.62 bits per heavy atom. The Kier molecular flexibility index (Phi) is 3.91. The number of hydrogen-bond acceptors (Lipinski definition) is 3. The molecule has 0 amide bonds. The van der Waals surface area contributed by atoms with Crippen LogP contribution in [0.1, 0.15) is 0 Å². The molecule has 0 aliphatic heterocycles. The first-order chi connectivity index (χ1) is 10.1. The highest BCUT2D eigenvalue weighted by atomic mass is 79.9. The summed E-state index contributed by atoms with van der Waals surface area (Å²) in [7, 11) is 3.30. The molecule has 4 nitrogen and oxygen atoms in total. The molecule has 3 rings (SSSR count). The Morgan fingerprint density at radius 1 is 0.952 bits per heavy atom. The van der Waals surface area contributed by atoms with Crippen molar-refractivity contribution < 1.29 is 9.47 Å². The van der Waals surface area contributed by atoms with Crippen molar-refractivity contribution in [2.75, 3.05) is 14.2 Å². The van der Waals surface area contributed by atoms with E-state index in [0.29, 0.717) is 0 Å². The van der Waals surface area contributed by atoms with E-state index in [-0.39, 0.29) is 0 Å². The van der Waals surface area contributed by atoms with Crippen molar-refractivity contribution in [1.29, 1.82) is 0 Å². The predicted octanol–water partition coefficient (Wildman–Crippen LogP) is 4.57. The van der Waals surface area contributed by atoms with Crippen LogP contribution in [-0.2, 0) is 0 Å². The molecule has 0 atom stereocenters. The van der Waals surface area contributed by atoms with Gasteiger partial charge >= 0.3 is 0 Å². The summed E-state index contributed by atoms with van der Waals surface area (Å²) in [4.78, 5) is 0. The van der Waals surface area contributed by atoms with E-state index in [2.05, 4.69) is 37.0 Å². The summed E-state index contributed by atoms with van der Waals surface area (Å²) in [6, 6.07) is 11.6. The minimum atomic E-state index is 0.792. The molecule has 0 spiro atoms. The van der Waals surface area contributed by atoms with Crippen LogP contribution < -0.4 is 9.47 Å². The molecule has 1 heterocycles. The Balaban J connectivity index is 2.18. The summed E-state index contributed by atoms with van der Waals surface area (Å²) in [5.41, 5.74) is 1.82. The molecule has 0 radical (unpaired) electrons. The van der Waals surface area contributed by atoms with Gasteiger partial charge in [-0.05, 0) is 68.3 Å². The summed E-state index contributed by atoms with van der Waals surface area (Å²) in [5, 5.41) is 5.61. The van der Waals surface area contributed by atoms with Gasteiger partial charge in [-0.1, -0.05) is 0 Å². The van der Waals surface area contributed by atoms with Gasteiger partial charge in [-0.25, -0.2) is 4.68 Å². The lowest BCUT2D eigenvalue weighted by molar-refractivity contribution is 0.414. The topological polar surface area (TPSA) is 36.3 Å². The van der Waals surface area contributed by atoms with Gasteiger partial charge in [-0.2, -0.15) is 5.10 Å². The summed E-state index contributed by atoms with van der Waals surface area (Å²) >= 11 is 7.17. The lowest BCUT2D eigenvalue weighted by Crippen LogP contribution is -1.98. The highest BCUT2D eigenvalue weighted by molar-refractivity contribution is 9.11. The third-order valence-electron chi connectivity index (χ3n) is 3.20. The van der Waals surface area contributed by atoms with Crippen molar-refractivity contribution in [3.63, 3.8) is 0 Å². The van der Waals surface area contributed by atoms with E-state index >= 15 is 0 Å². The molecule has 0 aliphatic rings. The Labute approximate surface area is 138 Å². The molecule has 1 aromatic heterocycles. The maximum absolute atomic E-state index is 5.26. The molecule has 0 bridgehead atoms. The molecule has 0 N–H and O–H groups in total. The Hall–Kier alpha value is -1.53. The Morgan fingerprint density at radius 3 is 2.29 bits per heavy atom. The number of ether oxygens (including phenoxy) is 2. The first-order valence-electron chi connectivity index (χ1n) is 6.20. The number of fused-ring (bicyclic) bond motifs is 1. The summed E-state index contributed by atoms with van der Waals surface area (Å²) in [6.07, 6.45) is 0. The van der Waals surface area contributed by atoms with Gasteiger partial charge in [0.2, 0.25) is 0 Å². The van der Waals surface area contributed by atoms with Gasteiger partial charge in [0.1, 0.15) is 16.1 Å². The number of halogens is 2. The van der Waals surface area contributed by atoms with Crippen LogP contribution in [0.25, 0.3) is 16.6 Å². The molecule has 6 heteroatoms. The van der Waals surface area contributed by atoms with Crippen molar-refractivity contribution in [2.45, 2.75) is 0 Å². The number of rotatable bonds is 3. The average Bonchev–Trinajstić information content (AvgIpc) is 2.83. The second-order valence-electron chi connectivity index (χ2n) is 4.40. The van der Waals surface area contributed by atoms with Gasteiger partial charge in [-0.15, -0.1) is 0 Å². The summed E-state index contributed by atoms with van der Waals surface area (Å²) in [6.45, 7) is 0.